The molecule has 156 valence electrons. The minimum Gasteiger partial charge on any atom is -0.495 e. The number of ether oxygens (including phenoxy) is 1. The Labute approximate surface area is 179 Å². The Morgan fingerprint density at radius 1 is 1.03 bits per heavy atom. The maximum atomic E-state index is 14.4. The van der Waals surface area contributed by atoms with Gasteiger partial charge in [-0.15, -0.1) is 0 Å². The van der Waals surface area contributed by atoms with Crippen LogP contribution in [-0.4, -0.2) is 29.1 Å². The zero-order chi connectivity index (χ0) is 21.4. The third-order valence-electron chi connectivity index (χ3n) is 5.84. The molecule has 4 aromatic rings. The van der Waals surface area contributed by atoms with Crippen molar-refractivity contribution in [2.45, 2.75) is 18.9 Å². The lowest BCUT2D eigenvalue weighted by Gasteiger charge is -2.20. The first-order valence-electron chi connectivity index (χ1n) is 10.3. The quantitative estimate of drug-likeness (QED) is 0.473. The fourth-order valence-corrected chi connectivity index (χ4v) is 4.34. The number of hydrogen-bond acceptors (Lipinski definition) is 3. The predicted octanol–water partition coefficient (Wildman–Crippen LogP) is 4.75. The molecule has 3 aromatic carbocycles. The third kappa shape index (κ3) is 3.44. The topological polar surface area (TPSA) is 47.4 Å². The second-order valence-electron chi connectivity index (χ2n) is 7.71. The summed E-state index contributed by atoms with van der Waals surface area (Å²) < 4.78 is 21.9. The lowest BCUT2D eigenvalue weighted by Crippen LogP contribution is -2.25. The number of aromatic nitrogens is 2. The van der Waals surface area contributed by atoms with Crippen LogP contribution in [0.1, 0.15) is 23.7 Å². The number of halogens is 1. The predicted molar refractivity (Wildman–Crippen MR) is 118 cm³/mol. The molecule has 0 bridgehead atoms. The molecule has 0 N–H and O–H groups in total. The van der Waals surface area contributed by atoms with Gasteiger partial charge < -0.3 is 14.2 Å². The van der Waals surface area contributed by atoms with Gasteiger partial charge in [-0.25, -0.2) is 9.37 Å². The molecule has 1 aliphatic heterocycles. The zero-order valence-corrected chi connectivity index (χ0v) is 17.2. The van der Waals surface area contributed by atoms with E-state index in [0.29, 0.717) is 30.8 Å². The minimum atomic E-state index is -0.246. The maximum Gasteiger partial charge on any atom is 0.227 e. The fraction of sp³-hybridized carbons (Fsp3) is 0.200. The molecule has 1 amide bonds. The number of carbonyl (C=O) groups is 1. The molecule has 0 spiro atoms. The number of hydrogen-bond donors (Lipinski definition) is 0. The summed E-state index contributed by atoms with van der Waals surface area (Å²) >= 11 is 0. The van der Waals surface area contributed by atoms with Crippen molar-refractivity contribution in [1.82, 2.24) is 9.55 Å². The first-order valence-corrected chi connectivity index (χ1v) is 10.3. The van der Waals surface area contributed by atoms with E-state index in [-0.39, 0.29) is 17.6 Å². The summed E-state index contributed by atoms with van der Waals surface area (Å²) in [5.41, 5.74) is 3.13. The van der Waals surface area contributed by atoms with Crippen molar-refractivity contribution in [1.29, 1.82) is 0 Å². The van der Waals surface area contributed by atoms with Gasteiger partial charge in [0, 0.05) is 24.4 Å². The van der Waals surface area contributed by atoms with Gasteiger partial charge in [0.1, 0.15) is 17.4 Å². The Balaban J connectivity index is 1.55. The van der Waals surface area contributed by atoms with Crippen molar-refractivity contribution in [2.24, 2.45) is 0 Å². The number of fused-ring (bicyclic) bond motifs is 1. The number of para-hydroxylation sites is 4. The number of carbonyl (C=O) groups excluding carboxylic acids is 1. The van der Waals surface area contributed by atoms with E-state index in [1.807, 2.05) is 59.2 Å². The van der Waals surface area contributed by atoms with E-state index >= 15 is 0 Å². The Hall–Kier alpha value is -3.67. The van der Waals surface area contributed by atoms with Gasteiger partial charge in [0.15, 0.2) is 0 Å². The van der Waals surface area contributed by atoms with Gasteiger partial charge in [-0.3, -0.25) is 4.79 Å². The summed E-state index contributed by atoms with van der Waals surface area (Å²) in [7, 11) is 1.60. The molecule has 5 rings (SSSR count). The lowest BCUT2D eigenvalue weighted by atomic mass is 10.1. The maximum absolute atomic E-state index is 14.4. The molecule has 1 saturated heterocycles. The van der Waals surface area contributed by atoms with E-state index in [2.05, 4.69) is 0 Å². The highest BCUT2D eigenvalue weighted by atomic mass is 19.1. The minimum absolute atomic E-state index is 0.0268. The molecule has 6 heteroatoms. The van der Waals surface area contributed by atoms with Crippen LogP contribution in [0.2, 0.25) is 0 Å². The number of methoxy groups -OCH3 is 1. The molecule has 0 saturated carbocycles. The van der Waals surface area contributed by atoms with Gasteiger partial charge in [-0.05, 0) is 30.3 Å². The summed E-state index contributed by atoms with van der Waals surface area (Å²) in [6.45, 7) is 0.863. The summed E-state index contributed by atoms with van der Waals surface area (Å²) in [5, 5.41) is 0. The average molecular weight is 415 g/mol. The van der Waals surface area contributed by atoms with Crippen LogP contribution in [0, 0.1) is 5.82 Å². The molecular formula is C25H22FN3O2. The fourth-order valence-electron chi connectivity index (χ4n) is 4.34. The number of anilines is 1. The van der Waals surface area contributed by atoms with Crippen LogP contribution in [0.25, 0.3) is 11.0 Å². The summed E-state index contributed by atoms with van der Waals surface area (Å²) in [5.74, 6) is 1.14. The van der Waals surface area contributed by atoms with Crippen LogP contribution in [0.4, 0.5) is 10.1 Å². The Kier molecular flexibility index (Phi) is 4.90. The molecule has 2 heterocycles. The van der Waals surface area contributed by atoms with Crippen molar-refractivity contribution in [3.63, 3.8) is 0 Å². The van der Waals surface area contributed by atoms with Crippen molar-refractivity contribution >= 4 is 22.6 Å². The normalized spacial score (nSPS) is 16.3. The Morgan fingerprint density at radius 3 is 2.61 bits per heavy atom. The van der Waals surface area contributed by atoms with E-state index in [4.69, 9.17) is 9.72 Å². The molecule has 1 fully saturated rings. The molecule has 1 unspecified atom stereocenters. The van der Waals surface area contributed by atoms with E-state index in [1.165, 1.54) is 6.07 Å². The average Bonchev–Trinajstić information content (AvgIpc) is 3.36. The molecule has 1 aromatic heterocycles. The number of amides is 1. The number of imidazole rings is 1. The summed E-state index contributed by atoms with van der Waals surface area (Å²) in [6, 6.07) is 22.1. The standard InChI is InChI=1S/C25H22FN3O2/c1-31-23-13-7-6-12-22(23)28-16-18(14-24(28)30)25-27-20-10-4-5-11-21(20)29(25)15-17-8-2-3-9-19(17)26/h2-13,18H,14-16H2,1H3. The monoisotopic (exact) mass is 415 g/mol. The first kappa shape index (κ1) is 19.3. The van der Waals surface area contributed by atoms with Crippen LogP contribution >= 0.6 is 0 Å². The van der Waals surface area contributed by atoms with Gasteiger partial charge in [-0.1, -0.05) is 42.5 Å². The number of benzene rings is 3. The third-order valence-corrected chi connectivity index (χ3v) is 5.84. The molecule has 1 aliphatic rings. The van der Waals surface area contributed by atoms with Crippen LogP contribution in [0.5, 0.6) is 5.75 Å². The zero-order valence-electron chi connectivity index (χ0n) is 17.2. The molecule has 5 nitrogen and oxygen atoms in total. The number of nitrogens with zero attached hydrogens (tertiary/aromatic N) is 3. The highest BCUT2D eigenvalue weighted by molar-refractivity contribution is 5.97. The van der Waals surface area contributed by atoms with Crippen molar-refractivity contribution in [2.75, 3.05) is 18.6 Å². The molecule has 1 atom stereocenters. The second-order valence-corrected chi connectivity index (χ2v) is 7.71. The largest absolute Gasteiger partial charge is 0.495 e. The van der Waals surface area contributed by atoms with Crippen LogP contribution in [0.15, 0.2) is 72.8 Å². The number of rotatable bonds is 5. The lowest BCUT2D eigenvalue weighted by molar-refractivity contribution is -0.117. The van der Waals surface area contributed by atoms with Crippen molar-refractivity contribution in [3.05, 3.63) is 90.0 Å². The van der Waals surface area contributed by atoms with E-state index in [9.17, 15) is 9.18 Å². The second kappa shape index (κ2) is 7.87. The van der Waals surface area contributed by atoms with E-state index in [0.717, 1.165) is 22.5 Å². The Morgan fingerprint density at radius 2 is 1.77 bits per heavy atom. The van der Waals surface area contributed by atoms with Gasteiger partial charge >= 0.3 is 0 Å². The molecule has 31 heavy (non-hydrogen) atoms. The van der Waals surface area contributed by atoms with Crippen molar-refractivity contribution < 1.29 is 13.9 Å². The van der Waals surface area contributed by atoms with Crippen LogP contribution in [-0.2, 0) is 11.3 Å². The van der Waals surface area contributed by atoms with E-state index in [1.54, 1.807) is 24.1 Å². The highest BCUT2D eigenvalue weighted by Gasteiger charge is 2.36. The summed E-state index contributed by atoms with van der Waals surface area (Å²) in [6.07, 6.45) is 0.346. The van der Waals surface area contributed by atoms with Crippen LogP contribution < -0.4 is 9.64 Å². The molecular weight excluding hydrogens is 393 g/mol. The first-order chi connectivity index (χ1) is 15.2. The van der Waals surface area contributed by atoms with Gasteiger partial charge in [0.25, 0.3) is 0 Å². The molecule has 0 radical (unpaired) electrons. The smallest absolute Gasteiger partial charge is 0.227 e. The van der Waals surface area contributed by atoms with E-state index < -0.39 is 0 Å². The SMILES string of the molecule is COc1ccccc1N1CC(c2nc3ccccc3n2Cc2ccccc2F)CC1=O. The van der Waals surface area contributed by atoms with Gasteiger partial charge in [-0.2, -0.15) is 0 Å². The highest BCUT2D eigenvalue weighted by Crippen LogP contribution is 2.37. The van der Waals surface area contributed by atoms with Gasteiger partial charge in [0.2, 0.25) is 5.91 Å². The van der Waals surface area contributed by atoms with Crippen molar-refractivity contribution in [3.8, 4) is 5.75 Å². The van der Waals surface area contributed by atoms with Gasteiger partial charge in [0.05, 0.1) is 30.4 Å². The molecule has 0 aliphatic carbocycles. The van der Waals surface area contributed by atoms with Crippen LogP contribution in [0.3, 0.4) is 0 Å². The summed E-state index contributed by atoms with van der Waals surface area (Å²) in [4.78, 5) is 19.6. The Bertz CT molecular complexity index is 1270.